The summed E-state index contributed by atoms with van der Waals surface area (Å²) in [4.78, 5) is 26.5. The smallest absolute Gasteiger partial charge is 0.251 e. The fourth-order valence-corrected chi connectivity index (χ4v) is 3.20. The van der Waals surface area contributed by atoms with E-state index >= 15 is 0 Å². The van der Waals surface area contributed by atoms with Crippen molar-refractivity contribution in [3.8, 4) is 5.75 Å². The molecule has 27 heavy (non-hydrogen) atoms. The van der Waals surface area contributed by atoms with E-state index in [9.17, 15) is 9.59 Å². The number of halogens is 1. The molecule has 140 valence electrons. The van der Waals surface area contributed by atoms with E-state index in [2.05, 4.69) is 21.2 Å². The lowest BCUT2D eigenvalue weighted by Gasteiger charge is -2.15. The fraction of sp³-hybridized carbons (Fsp3) is 0.238. The van der Waals surface area contributed by atoms with Crippen LogP contribution in [0.5, 0.6) is 5.75 Å². The number of methoxy groups -OCH3 is 1. The Morgan fingerprint density at radius 2 is 1.85 bits per heavy atom. The first-order valence-electron chi connectivity index (χ1n) is 8.72. The second-order valence-electron chi connectivity index (χ2n) is 6.36. The van der Waals surface area contributed by atoms with Crippen molar-refractivity contribution in [3.05, 3.63) is 70.2 Å². The molecule has 1 unspecified atom stereocenters. The van der Waals surface area contributed by atoms with Crippen molar-refractivity contribution in [1.82, 2.24) is 10.2 Å². The Balaban J connectivity index is 1.52. The zero-order chi connectivity index (χ0) is 19.2. The molecule has 0 aliphatic carbocycles. The lowest BCUT2D eigenvalue weighted by molar-refractivity contribution is -0.125. The van der Waals surface area contributed by atoms with Crippen LogP contribution < -0.4 is 10.1 Å². The minimum Gasteiger partial charge on any atom is -0.497 e. The van der Waals surface area contributed by atoms with Crippen LogP contribution in [0.25, 0.3) is 6.08 Å². The lowest BCUT2D eigenvalue weighted by atomic mass is 10.2. The standard InChI is InChI=1S/C21H21BrN2O3/c1-27-19-9-5-16(6-10-19)21(26)23-18-12-13-24(14-18)20(25)11-4-15-2-7-17(22)8-3-15/h2-11,18H,12-14H2,1H3,(H,23,26). The van der Waals surface area contributed by atoms with Crippen molar-refractivity contribution in [1.29, 1.82) is 0 Å². The van der Waals surface area contributed by atoms with E-state index in [4.69, 9.17) is 4.74 Å². The highest BCUT2D eigenvalue weighted by Gasteiger charge is 2.26. The molecule has 1 atom stereocenters. The highest BCUT2D eigenvalue weighted by molar-refractivity contribution is 9.10. The molecule has 1 aliphatic heterocycles. The number of benzene rings is 2. The maximum Gasteiger partial charge on any atom is 0.251 e. The predicted octanol–water partition coefficient (Wildman–Crippen LogP) is 3.50. The first-order valence-corrected chi connectivity index (χ1v) is 9.52. The van der Waals surface area contributed by atoms with E-state index in [0.29, 0.717) is 24.4 Å². The Morgan fingerprint density at radius 3 is 2.52 bits per heavy atom. The summed E-state index contributed by atoms with van der Waals surface area (Å²) >= 11 is 3.39. The van der Waals surface area contributed by atoms with E-state index in [0.717, 1.165) is 16.5 Å². The summed E-state index contributed by atoms with van der Waals surface area (Å²) in [5.41, 5.74) is 1.55. The number of ether oxygens (including phenoxy) is 1. The Bertz CT molecular complexity index is 832. The summed E-state index contributed by atoms with van der Waals surface area (Å²) < 4.78 is 6.10. The number of carbonyl (C=O) groups is 2. The summed E-state index contributed by atoms with van der Waals surface area (Å²) in [6.45, 7) is 1.16. The number of nitrogens with zero attached hydrogens (tertiary/aromatic N) is 1. The van der Waals surface area contributed by atoms with Gasteiger partial charge in [0.1, 0.15) is 5.75 Å². The molecule has 0 aromatic heterocycles. The molecule has 3 rings (SSSR count). The van der Waals surface area contributed by atoms with Gasteiger partial charge in [-0.1, -0.05) is 28.1 Å². The third-order valence-corrected chi connectivity index (χ3v) is 5.00. The van der Waals surface area contributed by atoms with Gasteiger partial charge in [-0.05, 0) is 54.5 Å². The molecule has 2 aromatic carbocycles. The third-order valence-electron chi connectivity index (χ3n) is 4.48. The molecule has 2 aromatic rings. The molecule has 0 bridgehead atoms. The topological polar surface area (TPSA) is 58.6 Å². The van der Waals surface area contributed by atoms with E-state index < -0.39 is 0 Å². The molecular formula is C21H21BrN2O3. The van der Waals surface area contributed by atoms with Crippen LogP contribution in [0.2, 0.25) is 0 Å². The van der Waals surface area contributed by atoms with Gasteiger partial charge >= 0.3 is 0 Å². The summed E-state index contributed by atoms with van der Waals surface area (Å²) in [5.74, 6) is 0.531. The number of nitrogens with one attached hydrogen (secondary N) is 1. The van der Waals surface area contributed by atoms with Crippen molar-refractivity contribution in [2.45, 2.75) is 12.5 Å². The van der Waals surface area contributed by atoms with Crippen molar-refractivity contribution in [2.75, 3.05) is 20.2 Å². The average Bonchev–Trinajstić information content (AvgIpc) is 3.16. The monoisotopic (exact) mass is 428 g/mol. The maximum absolute atomic E-state index is 12.4. The molecule has 1 aliphatic rings. The first kappa shape index (κ1) is 19.2. The summed E-state index contributed by atoms with van der Waals surface area (Å²) in [6.07, 6.45) is 4.13. The van der Waals surface area contributed by atoms with Crippen LogP contribution in [0.4, 0.5) is 0 Å². The number of amides is 2. The zero-order valence-corrected chi connectivity index (χ0v) is 16.6. The maximum atomic E-state index is 12.4. The van der Waals surface area contributed by atoms with Gasteiger partial charge in [0.25, 0.3) is 5.91 Å². The van der Waals surface area contributed by atoms with Gasteiger partial charge in [0.2, 0.25) is 5.91 Å². The van der Waals surface area contributed by atoms with Crippen LogP contribution in [-0.4, -0.2) is 43.0 Å². The number of hydrogen-bond donors (Lipinski definition) is 1. The van der Waals surface area contributed by atoms with Crippen LogP contribution in [0.15, 0.2) is 59.1 Å². The molecule has 1 fully saturated rings. The highest BCUT2D eigenvalue weighted by atomic mass is 79.9. The van der Waals surface area contributed by atoms with Crippen LogP contribution in [0, 0.1) is 0 Å². The Labute approximate surface area is 167 Å². The second kappa shape index (κ2) is 8.86. The predicted molar refractivity (Wildman–Crippen MR) is 109 cm³/mol. The largest absolute Gasteiger partial charge is 0.497 e. The molecule has 2 amide bonds. The van der Waals surface area contributed by atoms with Gasteiger partial charge in [0.05, 0.1) is 7.11 Å². The molecular weight excluding hydrogens is 408 g/mol. The molecule has 0 radical (unpaired) electrons. The second-order valence-corrected chi connectivity index (χ2v) is 7.27. The van der Waals surface area contributed by atoms with E-state index in [1.165, 1.54) is 0 Å². The fourth-order valence-electron chi connectivity index (χ4n) is 2.94. The van der Waals surface area contributed by atoms with Crippen LogP contribution in [0.1, 0.15) is 22.3 Å². The van der Waals surface area contributed by atoms with Crippen LogP contribution in [-0.2, 0) is 4.79 Å². The van der Waals surface area contributed by atoms with Gasteiger partial charge in [-0.3, -0.25) is 9.59 Å². The number of hydrogen-bond acceptors (Lipinski definition) is 3. The van der Waals surface area contributed by atoms with Gasteiger partial charge < -0.3 is 15.0 Å². The summed E-state index contributed by atoms with van der Waals surface area (Å²) in [6, 6.07) is 14.7. The first-order chi connectivity index (χ1) is 13.0. The SMILES string of the molecule is COc1ccc(C(=O)NC2CCN(C(=O)C=Cc3ccc(Br)cc3)C2)cc1. The van der Waals surface area contributed by atoms with Crippen LogP contribution in [0.3, 0.4) is 0 Å². The number of carbonyl (C=O) groups excluding carboxylic acids is 2. The minimum absolute atomic E-state index is 0.0374. The molecule has 0 saturated carbocycles. The van der Waals surface area contributed by atoms with Crippen molar-refractivity contribution >= 4 is 33.8 Å². The van der Waals surface area contributed by atoms with Gasteiger partial charge in [-0.25, -0.2) is 0 Å². The molecule has 5 nitrogen and oxygen atoms in total. The Hall–Kier alpha value is -2.60. The molecule has 1 saturated heterocycles. The minimum atomic E-state index is -0.137. The highest BCUT2D eigenvalue weighted by Crippen LogP contribution is 2.15. The van der Waals surface area contributed by atoms with E-state index in [1.54, 1.807) is 48.4 Å². The van der Waals surface area contributed by atoms with Crippen molar-refractivity contribution in [3.63, 3.8) is 0 Å². The van der Waals surface area contributed by atoms with E-state index in [-0.39, 0.29) is 17.9 Å². The van der Waals surface area contributed by atoms with Gasteiger partial charge in [-0.15, -0.1) is 0 Å². The van der Waals surface area contributed by atoms with Crippen molar-refractivity contribution < 1.29 is 14.3 Å². The molecule has 1 heterocycles. The molecule has 0 spiro atoms. The normalized spacial score (nSPS) is 16.5. The van der Waals surface area contributed by atoms with Gasteiger partial charge in [0.15, 0.2) is 0 Å². The molecule has 1 N–H and O–H groups in total. The zero-order valence-electron chi connectivity index (χ0n) is 15.0. The van der Waals surface area contributed by atoms with E-state index in [1.807, 2.05) is 24.3 Å². The number of likely N-dealkylation sites (tertiary alicyclic amines) is 1. The molecule has 6 heteroatoms. The Morgan fingerprint density at radius 1 is 1.15 bits per heavy atom. The number of rotatable bonds is 5. The van der Waals surface area contributed by atoms with Crippen molar-refractivity contribution in [2.24, 2.45) is 0 Å². The van der Waals surface area contributed by atoms with Gasteiger partial charge in [-0.2, -0.15) is 0 Å². The van der Waals surface area contributed by atoms with Crippen LogP contribution >= 0.6 is 15.9 Å². The summed E-state index contributed by atoms with van der Waals surface area (Å²) in [5, 5.41) is 2.99. The third kappa shape index (κ3) is 5.20. The summed E-state index contributed by atoms with van der Waals surface area (Å²) in [7, 11) is 1.59. The van der Waals surface area contributed by atoms with Gasteiger partial charge in [0, 0.05) is 35.2 Å². The average molecular weight is 429 g/mol. The quantitative estimate of drug-likeness (QED) is 0.741. The Kier molecular flexibility index (Phi) is 6.29. The lowest BCUT2D eigenvalue weighted by Crippen LogP contribution is -2.38.